The molecule has 3 atom stereocenters. The molecule has 4 heterocycles. The van der Waals surface area contributed by atoms with Crippen LogP contribution in [-0.2, 0) is 20.6 Å². The first kappa shape index (κ1) is 19.4. The number of halogens is 1. The van der Waals surface area contributed by atoms with Gasteiger partial charge in [-0.15, -0.1) is 0 Å². The van der Waals surface area contributed by atoms with Gasteiger partial charge in [-0.2, -0.15) is 4.98 Å². The van der Waals surface area contributed by atoms with Crippen LogP contribution in [0.5, 0.6) is 0 Å². The largest absolute Gasteiger partial charge is 0.371 e. The molecule has 2 aliphatic rings. The highest BCUT2D eigenvalue weighted by Crippen LogP contribution is 2.58. The SMILES string of the molecule is Cn1c(=O)c2c(ccn2Cc2nc([C@H]3[C@@H]4CN(c5cccc(Cl)c5)C[C@@H]43)no2)n(C)c1=O. The predicted octanol–water partition coefficient (Wildman–Crippen LogP) is 1.97. The number of hydrogen-bond acceptors (Lipinski definition) is 6. The molecule has 0 spiro atoms. The highest BCUT2D eigenvalue weighted by atomic mass is 35.5. The van der Waals surface area contributed by atoms with Crippen LogP contribution in [0.3, 0.4) is 0 Å². The number of nitrogens with zero attached hydrogens (tertiary/aromatic N) is 6. The molecule has 1 aromatic carbocycles. The van der Waals surface area contributed by atoms with E-state index in [0.717, 1.165) is 34.2 Å². The Bertz CT molecular complexity index is 1470. The van der Waals surface area contributed by atoms with Gasteiger partial charge >= 0.3 is 5.69 Å². The second-order valence-electron chi connectivity index (χ2n) is 8.67. The van der Waals surface area contributed by atoms with E-state index < -0.39 is 0 Å². The third-order valence-corrected chi connectivity index (χ3v) is 7.07. The Hall–Kier alpha value is -3.33. The summed E-state index contributed by atoms with van der Waals surface area (Å²) in [6.07, 6.45) is 1.77. The van der Waals surface area contributed by atoms with Gasteiger partial charge < -0.3 is 14.0 Å². The zero-order valence-corrected chi connectivity index (χ0v) is 18.4. The Kier molecular flexibility index (Phi) is 4.13. The van der Waals surface area contributed by atoms with Gasteiger partial charge in [0.25, 0.3) is 5.56 Å². The summed E-state index contributed by atoms with van der Waals surface area (Å²) < 4.78 is 9.84. The molecular weight excluding hydrogens is 432 g/mol. The molecule has 1 saturated heterocycles. The molecule has 0 bridgehead atoms. The Morgan fingerprint density at radius 2 is 1.91 bits per heavy atom. The number of fused-ring (bicyclic) bond motifs is 2. The van der Waals surface area contributed by atoms with Gasteiger partial charge in [0, 0.05) is 50.0 Å². The van der Waals surface area contributed by atoms with Gasteiger partial charge in [0.05, 0.1) is 5.52 Å². The molecule has 1 aliphatic carbocycles. The molecule has 164 valence electrons. The fraction of sp³-hybridized carbons (Fsp3) is 0.364. The van der Waals surface area contributed by atoms with Gasteiger partial charge in [-0.1, -0.05) is 22.8 Å². The maximum Gasteiger partial charge on any atom is 0.331 e. The number of hydrogen-bond donors (Lipinski definition) is 0. The van der Waals surface area contributed by atoms with Crippen LogP contribution in [0.25, 0.3) is 11.0 Å². The van der Waals surface area contributed by atoms with Crippen LogP contribution in [0.15, 0.2) is 50.6 Å². The van der Waals surface area contributed by atoms with E-state index in [9.17, 15) is 9.59 Å². The maximum atomic E-state index is 12.6. The lowest BCUT2D eigenvalue weighted by Crippen LogP contribution is -2.37. The zero-order valence-electron chi connectivity index (χ0n) is 17.6. The molecule has 9 nitrogen and oxygen atoms in total. The third-order valence-electron chi connectivity index (χ3n) is 6.84. The van der Waals surface area contributed by atoms with Crippen molar-refractivity contribution in [2.24, 2.45) is 25.9 Å². The lowest BCUT2D eigenvalue weighted by Gasteiger charge is -2.21. The molecule has 0 N–H and O–H groups in total. The number of rotatable bonds is 4. The van der Waals surface area contributed by atoms with Crippen LogP contribution >= 0.6 is 11.6 Å². The van der Waals surface area contributed by atoms with Crippen LogP contribution in [0.2, 0.25) is 5.02 Å². The van der Waals surface area contributed by atoms with Crippen LogP contribution in [0.4, 0.5) is 5.69 Å². The van der Waals surface area contributed by atoms with Crippen molar-refractivity contribution in [3.05, 3.63) is 74.1 Å². The van der Waals surface area contributed by atoms with Crippen molar-refractivity contribution in [3.8, 4) is 0 Å². The van der Waals surface area contributed by atoms with E-state index in [4.69, 9.17) is 16.1 Å². The maximum absolute atomic E-state index is 12.6. The van der Waals surface area contributed by atoms with Crippen molar-refractivity contribution in [1.29, 1.82) is 0 Å². The summed E-state index contributed by atoms with van der Waals surface area (Å²) in [5.41, 5.74) is 1.47. The summed E-state index contributed by atoms with van der Waals surface area (Å²) in [6, 6.07) is 9.69. The standard InChI is InChI=1S/C22H21ClN6O3/c1-26-16-6-7-28(19(16)21(30)27(2)22(26)31)11-17-24-20(25-32-17)18-14-9-29(10-15(14)18)13-5-3-4-12(23)8-13/h3-8,14-15,18H,9-11H2,1-2H3/t14-,15+,18+. The van der Waals surface area contributed by atoms with Gasteiger partial charge in [0.15, 0.2) is 5.82 Å². The topological polar surface area (TPSA) is 91.1 Å². The van der Waals surface area contributed by atoms with Crippen molar-refractivity contribution in [2.45, 2.75) is 12.5 Å². The highest BCUT2D eigenvalue weighted by Gasteiger charge is 2.58. The molecule has 4 aromatic rings. The molecule has 10 heteroatoms. The van der Waals surface area contributed by atoms with Crippen molar-refractivity contribution >= 4 is 28.3 Å². The van der Waals surface area contributed by atoms with E-state index in [0.29, 0.717) is 34.7 Å². The summed E-state index contributed by atoms with van der Waals surface area (Å²) in [4.78, 5) is 31.8. The van der Waals surface area contributed by atoms with Gasteiger partial charge in [-0.25, -0.2) is 4.79 Å². The Morgan fingerprint density at radius 3 is 2.66 bits per heavy atom. The number of aromatic nitrogens is 5. The van der Waals surface area contributed by atoms with Crippen LogP contribution in [-0.4, -0.2) is 36.9 Å². The van der Waals surface area contributed by atoms with E-state index in [1.165, 1.54) is 11.6 Å². The normalized spacial score (nSPS) is 22.0. The van der Waals surface area contributed by atoms with Crippen LogP contribution in [0, 0.1) is 11.8 Å². The summed E-state index contributed by atoms with van der Waals surface area (Å²) in [5.74, 6) is 2.50. The first-order chi connectivity index (χ1) is 15.4. The molecule has 0 amide bonds. The van der Waals surface area contributed by atoms with E-state index in [-0.39, 0.29) is 17.8 Å². The second kappa shape index (κ2) is 6.83. The van der Waals surface area contributed by atoms with Gasteiger partial charge in [-0.3, -0.25) is 13.9 Å². The monoisotopic (exact) mass is 452 g/mol. The van der Waals surface area contributed by atoms with E-state index >= 15 is 0 Å². The zero-order chi connectivity index (χ0) is 22.1. The van der Waals surface area contributed by atoms with E-state index in [2.05, 4.69) is 21.1 Å². The first-order valence-corrected chi connectivity index (χ1v) is 10.9. The summed E-state index contributed by atoms with van der Waals surface area (Å²) >= 11 is 6.13. The van der Waals surface area contributed by atoms with Crippen molar-refractivity contribution in [1.82, 2.24) is 23.8 Å². The van der Waals surface area contributed by atoms with Gasteiger partial charge in [0.2, 0.25) is 5.89 Å². The summed E-state index contributed by atoms with van der Waals surface area (Å²) in [5, 5.41) is 4.97. The molecule has 2 fully saturated rings. The second-order valence-corrected chi connectivity index (χ2v) is 9.10. The average molecular weight is 453 g/mol. The Balaban J connectivity index is 1.20. The molecular formula is C22H21ClN6O3. The smallest absolute Gasteiger partial charge is 0.331 e. The van der Waals surface area contributed by atoms with Crippen LogP contribution < -0.4 is 16.1 Å². The minimum Gasteiger partial charge on any atom is -0.371 e. The Morgan fingerprint density at radius 1 is 1.12 bits per heavy atom. The van der Waals surface area contributed by atoms with Crippen molar-refractivity contribution in [3.63, 3.8) is 0 Å². The first-order valence-electron chi connectivity index (χ1n) is 10.5. The van der Waals surface area contributed by atoms with Gasteiger partial charge in [-0.05, 0) is 36.1 Å². The molecule has 32 heavy (non-hydrogen) atoms. The lowest BCUT2D eigenvalue weighted by atomic mass is 10.2. The third kappa shape index (κ3) is 2.84. The fourth-order valence-corrected chi connectivity index (χ4v) is 5.26. The number of aryl methyl sites for hydroxylation is 1. The molecule has 0 unspecified atom stereocenters. The Labute approximate surface area is 187 Å². The average Bonchev–Trinajstić information content (AvgIpc) is 3.23. The number of piperidine rings is 1. The quantitative estimate of drug-likeness (QED) is 0.470. The number of anilines is 1. The molecule has 1 saturated carbocycles. The molecule has 6 rings (SSSR count). The van der Waals surface area contributed by atoms with Crippen LogP contribution in [0.1, 0.15) is 17.6 Å². The molecule has 0 radical (unpaired) electrons. The van der Waals surface area contributed by atoms with E-state index in [1.54, 1.807) is 23.9 Å². The van der Waals surface area contributed by atoms with Gasteiger partial charge in [0.1, 0.15) is 12.1 Å². The molecule has 3 aromatic heterocycles. The predicted molar refractivity (Wildman–Crippen MR) is 119 cm³/mol. The molecule has 1 aliphatic heterocycles. The van der Waals surface area contributed by atoms with Crippen molar-refractivity contribution in [2.75, 3.05) is 18.0 Å². The fourth-order valence-electron chi connectivity index (χ4n) is 5.08. The summed E-state index contributed by atoms with van der Waals surface area (Å²) in [7, 11) is 3.13. The number of benzene rings is 1. The summed E-state index contributed by atoms with van der Waals surface area (Å²) in [6.45, 7) is 2.18. The van der Waals surface area contributed by atoms with E-state index in [1.807, 2.05) is 18.2 Å². The lowest BCUT2D eigenvalue weighted by molar-refractivity contribution is 0.366. The minimum atomic E-state index is -0.354. The highest BCUT2D eigenvalue weighted by molar-refractivity contribution is 6.30. The van der Waals surface area contributed by atoms with Crippen molar-refractivity contribution < 1.29 is 4.52 Å². The minimum absolute atomic E-state index is 0.278.